The quantitative estimate of drug-likeness (QED) is 0.640. The molecule has 0 bridgehead atoms. The number of anilines is 1. The molecule has 1 saturated heterocycles. The molecule has 1 amide bonds. The largest absolute Gasteiger partial charge is 0.367 e. The molecular formula is C22H26ClN5O. The van der Waals surface area contributed by atoms with Crippen LogP contribution in [0.15, 0.2) is 36.5 Å². The highest BCUT2D eigenvalue weighted by Gasteiger charge is 2.26. The molecular weight excluding hydrogens is 386 g/mol. The number of carbonyl (C=O) groups excluding carboxylic acids is 1. The van der Waals surface area contributed by atoms with Gasteiger partial charge in [-0.1, -0.05) is 44.5 Å². The molecule has 0 atom stereocenters. The van der Waals surface area contributed by atoms with E-state index in [-0.39, 0.29) is 11.3 Å². The number of rotatable bonds is 2. The molecule has 1 aromatic carbocycles. The lowest BCUT2D eigenvalue weighted by Gasteiger charge is -2.36. The summed E-state index contributed by atoms with van der Waals surface area (Å²) in [5, 5.41) is 5.44. The average Bonchev–Trinajstić information content (AvgIpc) is 3.14. The first kappa shape index (κ1) is 19.7. The number of para-hydroxylation sites is 1. The van der Waals surface area contributed by atoms with Gasteiger partial charge in [0.15, 0.2) is 5.65 Å². The van der Waals surface area contributed by atoms with Crippen LogP contribution in [0.2, 0.25) is 5.02 Å². The topological polar surface area (TPSA) is 53.7 Å². The molecule has 0 saturated carbocycles. The van der Waals surface area contributed by atoms with E-state index in [9.17, 15) is 4.79 Å². The summed E-state index contributed by atoms with van der Waals surface area (Å²) >= 11 is 6.32. The highest BCUT2D eigenvalue weighted by atomic mass is 35.5. The number of piperazine rings is 1. The van der Waals surface area contributed by atoms with E-state index in [4.69, 9.17) is 16.7 Å². The smallest absolute Gasteiger partial charge is 0.257 e. The summed E-state index contributed by atoms with van der Waals surface area (Å²) in [5.74, 6) is 0.00326. The second-order valence-corrected chi connectivity index (χ2v) is 8.94. The third-order valence-corrected chi connectivity index (χ3v) is 5.80. The second kappa shape index (κ2) is 7.34. The van der Waals surface area contributed by atoms with E-state index in [1.165, 1.54) is 0 Å². The Labute approximate surface area is 176 Å². The second-order valence-electron chi connectivity index (χ2n) is 8.54. The Balaban J connectivity index is 1.54. The van der Waals surface area contributed by atoms with Gasteiger partial charge in [0.1, 0.15) is 0 Å². The Bertz CT molecular complexity index is 1060. The fourth-order valence-corrected chi connectivity index (χ4v) is 3.91. The number of nitrogens with zero attached hydrogens (tertiary/aromatic N) is 5. The van der Waals surface area contributed by atoms with Crippen LogP contribution in [0, 0.1) is 6.92 Å². The zero-order valence-corrected chi connectivity index (χ0v) is 18.1. The van der Waals surface area contributed by atoms with Gasteiger partial charge in [-0.2, -0.15) is 5.10 Å². The molecule has 3 aromatic rings. The molecule has 0 radical (unpaired) electrons. The molecule has 3 heterocycles. The highest BCUT2D eigenvalue weighted by Crippen LogP contribution is 2.27. The van der Waals surface area contributed by atoms with Crippen molar-refractivity contribution in [3.05, 3.63) is 58.5 Å². The lowest BCUT2D eigenvalue weighted by Crippen LogP contribution is -2.49. The van der Waals surface area contributed by atoms with Crippen molar-refractivity contribution in [2.24, 2.45) is 0 Å². The summed E-state index contributed by atoms with van der Waals surface area (Å²) in [6.07, 6.45) is 1.68. The van der Waals surface area contributed by atoms with E-state index in [0.717, 1.165) is 40.8 Å². The first-order valence-corrected chi connectivity index (χ1v) is 10.3. The number of aromatic nitrogens is 3. The van der Waals surface area contributed by atoms with Crippen LogP contribution in [0.1, 0.15) is 42.5 Å². The fourth-order valence-electron chi connectivity index (χ4n) is 3.65. The lowest BCUT2D eigenvalue weighted by atomic mass is 9.93. The third-order valence-electron chi connectivity index (χ3n) is 5.48. The number of fused-ring (bicyclic) bond motifs is 1. The van der Waals surface area contributed by atoms with E-state index in [1.54, 1.807) is 10.7 Å². The minimum Gasteiger partial charge on any atom is -0.367 e. The van der Waals surface area contributed by atoms with Gasteiger partial charge >= 0.3 is 0 Å². The third kappa shape index (κ3) is 3.69. The van der Waals surface area contributed by atoms with Crippen LogP contribution in [0.25, 0.3) is 5.65 Å². The number of aryl methyl sites for hydroxylation is 1. The summed E-state index contributed by atoms with van der Waals surface area (Å²) in [6.45, 7) is 11.1. The number of hydrogen-bond acceptors (Lipinski definition) is 4. The Hall–Kier alpha value is -2.60. The first-order valence-electron chi connectivity index (χ1n) is 9.90. The van der Waals surface area contributed by atoms with Crippen molar-refractivity contribution in [2.45, 2.75) is 33.1 Å². The Morgan fingerprint density at radius 1 is 1.10 bits per heavy atom. The van der Waals surface area contributed by atoms with Gasteiger partial charge in [0.2, 0.25) is 0 Å². The summed E-state index contributed by atoms with van der Waals surface area (Å²) in [5.41, 5.74) is 4.11. The molecule has 152 valence electrons. The van der Waals surface area contributed by atoms with Crippen LogP contribution in [0.4, 0.5) is 5.69 Å². The number of carbonyl (C=O) groups is 1. The average molecular weight is 412 g/mol. The molecule has 7 heteroatoms. The zero-order chi connectivity index (χ0) is 20.8. The molecule has 1 aliphatic heterocycles. The fraction of sp³-hybridized carbons (Fsp3) is 0.409. The minimum atomic E-state index is -0.0701. The molecule has 1 fully saturated rings. The van der Waals surface area contributed by atoms with E-state index in [0.29, 0.717) is 18.7 Å². The van der Waals surface area contributed by atoms with Gasteiger partial charge in [0.25, 0.3) is 5.91 Å². The monoisotopic (exact) mass is 411 g/mol. The number of benzene rings is 1. The van der Waals surface area contributed by atoms with Gasteiger partial charge in [0.05, 0.1) is 27.7 Å². The number of amides is 1. The van der Waals surface area contributed by atoms with Crippen LogP contribution in [0.3, 0.4) is 0 Å². The molecule has 2 aromatic heterocycles. The van der Waals surface area contributed by atoms with Gasteiger partial charge in [-0.15, -0.1) is 0 Å². The summed E-state index contributed by atoms with van der Waals surface area (Å²) in [4.78, 5) is 21.8. The summed E-state index contributed by atoms with van der Waals surface area (Å²) in [6, 6.07) is 9.82. The predicted molar refractivity (Wildman–Crippen MR) is 116 cm³/mol. The summed E-state index contributed by atoms with van der Waals surface area (Å²) in [7, 11) is 0. The lowest BCUT2D eigenvalue weighted by molar-refractivity contribution is 0.0745. The van der Waals surface area contributed by atoms with Crippen LogP contribution in [-0.4, -0.2) is 51.6 Å². The minimum absolute atomic E-state index is 0.00326. The van der Waals surface area contributed by atoms with Gasteiger partial charge in [0, 0.05) is 43.9 Å². The Morgan fingerprint density at radius 3 is 2.45 bits per heavy atom. The Morgan fingerprint density at radius 2 is 1.79 bits per heavy atom. The maximum atomic E-state index is 13.2. The van der Waals surface area contributed by atoms with Crippen LogP contribution >= 0.6 is 11.6 Å². The molecule has 1 aliphatic rings. The van der Waals surface area contributed by atoms with Crippen molar-refractivity contribution in [3.63, 3.8) is 0 Å². The highest BCUT2D eigenvalue weighted by molar-refractivity contribution is 6.33. The van der Waals surface area contributed by atoms with E-state index in [2.05, 4.69) is 30.7 Å². The maximum absolute atomic E-state index is 13.2. The van der Waals surface area contributed by atoms with E-state index in [1.807, 2.05) is 42.2 Å². The number of hydrogen-bond donors (Lipinski definition) is 0. The Kier molecular flexibility index (Phi) is 4.99. The molecule has 0 spiro atoms. The predicted octanol–water partition coefficient (Wildman–Crippen LogP) is 3.95. The molecule has 0 aliphatic carbocycles. The van der Waals surface area contributed by atoms with Crippen LogP contribution in [0.5, 0.6) is 0 Å². The normalized spacial score (nSPS) is 15.2. The first-order chi connectivity index (χ1) is 13.8. The van der Waals surface area contributed by atoms with E-state index >= 15 is 0 Å². The van der Waals surface area contributed by atoms with Crippen molar-refractivity contribution in [2.75, 3.05) is 31.1 Å². The van der Waals surface area contributed by atoms with Gasteiger partial charge in [-0.05, 0) is 19.1 Å². The standard InChI is InChI=1S/C22H26ClN5O/c1-15-16(14-24-20-13-19(22(2,3)4)25-28(15)20)21(29)27-11-9-26(10-12-27)18-8-6-5-7-17(18)23/h5-8,13-14H,9-12H2,1-4H3. The molecule has 0 N–H and O–H groups in total. The zero-order valence-electron chi connectivity index (χ0n) is 17.3. The number of halogens is 1. The van der Waals surface area contributed by atoms with Crippen molar-refractivity contribution >= 4 is 28.8 Å². The maximum Gasteiger partial charge on any atom is 0.257 e. The van der Waals surface area contributed by atoms with Crippen molar-refractivity contribution < 1.29 is 4.79 Å². The SMILES string of the molecule is Cc1c(C(=O)N2CCN(c3ccccc3Cl)CC2)cnc2cc(C(C)(C)C)nn12. The van der Waals surface area contributed by atoms with Crippen molar-refractivity contribution in [1.82, 2.24) is 19.5 Å². The van der Waals surface area contributed by atoms with Gasteiger partial charge in [-0.3, -0.25) is 4.79 Å². The molecule has 29 heavy (non-hydrogen) atoms. The van der Waals surface area contributed by atoms with Crippen molar-refractivity contribution in [3.8, 4) is 0 Å². The molecule has 6 nitrogen and oxygen atoms in total. The molecule has 0 unspecified atom stereocenters. The van der Waals surface area contributed by atoms with Crippen LogP contribution < -0.4 is 4.90 Å². The molecule has 4 rings (SSSR count). The summed E-state index contributed by atoms with van der Waals surface area (Å²) < 4.78 is 1.79. The van der Waals surface area contributed by atoms with E-state index < -0.39 is 0 Å². The van der Waals surface area contributed by atoms with Gasteiger partial charge < -0.3 is 9.80 Å². The van der Waals surface area contributed by atoms with Crippen LogP contribution in [-0.2, 0) is 5.41 Å². The van der Waals surface area contributed by atoms with Gasteiger partial charge in [-0.25, -0.2) is 9.50 Å². The van der Waals surface area contributed by atoms with Crippen molar-refractivity contribution in [1.29, 1.82) is 0 Å².